The quantitative estimate of drug-likeness (QED) is 0.753. The van der Waals surface area contributed by atoms with Gasteiger partial charge in [0.2, 0.25) is 0 Å². The molecule has 1 fully saturated rings. The zero-order valence-corrected chi connectivity index (χ0v) is 16.3. The van der Waals surface area contributed by atoms with Gasteiger partial charge in [-0.2, -0.15) is 18.4 Å². The first-order chi connectivity index (χ1) is 13.4. The van der Waals surface area contributed by atoms with Crippen LogP contribution in [0.5, 0.6) is 0 Å². The first-order valence-electron chi connectivity index (χ1n) is 8.91. The summed E-state index contributed by atoms with van der Waals surface area (Å²) in [5.41, 5.74) is 0.121. The molecule has 154 valence electrons. The molecule has 0 bridgehead atoms. The summed E-state index contributed by atoms with van der Waals surface area (Å²) in [6, 6.07) is 10.3. The molecule has 1 aromatic carbocycles. The average Bonchev–Trinajstić information content (AvgIpc) is 2.93. The first kappa shape index (κ1) is 22.7. The fourth-order valence-corrected chi connectivity index (χ4v) is 3.32. The number of carbonyl (C=O) groups excluding carboxylic acids is 1. The minimum absolute atomic E-state index is 0. The average molecular weight is 425 g/mol. The number of halogens is 4. The summed E-state index contributed by atoms with van der Waals surface area (Å²) >= 11 is 0. The number of hydrogen-bond donors (Lipinski definition) is 0. The summed E-state index contributed by atoms with van der Waals surface area (Å²) in [5, 5.41) is 9.22. The van der Waals surface area contributed by atoms with Crippen LogP contribution in [-0.2, 0) is 12.7 Å². The third-order valence-electron chi connectivity index (χ3n) is 4.76. The second kappa shape index (κ2) is 9.72. The molecule has 0 aliphatic carbocycles. The lowest BCUT2D eigenvalue weighted by atomic mass is 10.1. The van der Waals surface area contributed by atoms with Crippen molar-refractivity contribution in [3.05, 3.63) is 65.0 Å². The lowest BCUT2D eigenvalue weighted by Crippen LogP contribution is -2.36. The molecular formula is C20H20ClF3N4O. The van der Waals surface area contributed by atoms with Gasteiger partial charge in [0.15, 0.2) is 0 Å². The third-order valence-corrected chi connectivity index (χ3v) is 4.76. The van der Waals surface area contributed by atoms with Crippen molar-refractivity contribution < 1.29 is 18.0 Å². The molecule has 0 N–H and O–H groups in total. The Kier molecular flexibility index (Phi) is 7.59. The number of nitriles is 1. The third kappa shape index (κ3) is 5.46. The smallest absolute Gasteiger partial charge is 0.337 e. The predicted molar refractivity (Wildman–Crippen MR) is 103 cm³/mol. The van der Waals surface area contributed by atoms with Gasteiger partial charge < -0.3 is 4.90 Å². The molecule has 0 unspecified atom stereocenters. The van der Waals surface area contributed by atoms with E-state index in [-0.39, 0.29) is 12.4 Å². The number of pyridine rings is 1. The lowest BCUT2D eigenvalue weighted by Gasteiger charge is -2.23. The van der Waals surface area contributed by atoms with E-state index in [1.807, 2.05) is 12.1 Å². The second-order valence-electron chi connectivity index (χ2n) is 6.61. The van der Waals surface area contributed by atoms with Crippen LogP contribution in [0.4, 0.5) is 13.2 Å². The number of benzene rings is 1. The molecule has 1 aliphatic rings. The van der Waals surface area contributed by atoms with Crippen LogP contribution < -0.4 is 0 Å². The summed E-state index contributed by atoms with van der Waals surface area (Å²) in [7, 11) is 0. The Morgan fingerprint density at radius 3 is 2.62 bits per heavy atom. The molecule has 9 heteroatoms. The molecule has 0 atom stereocenters. The largest absolute Gasteiger partial charge is 0.417 e. The molecule has 0 saturated carbocycles. The van der Waals surface area contributed by atoms with E-state index in [4.69, 9.17) is 0 Å². The maximum absolute atomic E-state index is 13.2. The van der Waals surface area contributed by atoms with E-state index in [0.29, 0.717) is 44.7 Å². The minimum atomic E-state index is -4.60. The standard InChI is InChI=1S/C20H19F3N4O.ClH/c21-20(22,23)18-6-7-25-13-17(18)19(28)27-9-3-8-26(10-11-27)14-16-5-2-1-4-15(16)12-24;/h1-2,4-7,13H,3,8-11,14H2;1H. The highest BCUT2D eigenvalue weighted by Crippen LogP contribution is 2.32. The zero-order chi connectivity index (χ0) is 20.1. The van der Waals surface area contributed by atoms with Gasteiger partial charge in [0.05, 0.1) is 22.8 Å². The van der Waals surface area contributed by atoms with Crippen LogP contribution in [0, 0.1) is 11.3 Å². The molecule has 29 heavy (non-hydrogen) atoms. The van der Waals surface area contributed by atoms with Crippen LogP contribution in [-0.4, -0.2) is 46.9 Å². The highest BCUT2D eigenvalue weighted by molar-refractivity contribution is 5.95. The maximum Gasteiger partial charge on any atom is 0.417 e. The zero-order valence-electron chi connectivity index (χ0n) is 15.5. The van der Waals surface area contributed by atoms with E-state index in [0.717, 1.165) is 24.0 Å². The number of amides is 1. The monoisotopic (exact) mass is 424 g/mol. The van der Waals surface area contributed by atoms with Gasteiger partial charge in [-0.3, -0.25) is 14.7 Å². The summed E-state index contributed by atoms with van der Waals surface area (Å²) in [4.78, 5) is 20.0. The van der Waals surface area contributed by atoms with Gasteiger partial charge in [0, 0.05) is 45.1 Å². The van der Waals surface area contributed by atoms with Crippen LogP contribution in [0.1, 0.15) is 33.5 Å². The normalized spacial score (nSPS) is 15.2. The van der Waals surface area contributed by atoms with Gasteiger partial charge in [-0.25, -0.2) is 0 Å². The number of nitrogens with zero attached hydrogens (tertiary/aromatic N) is 4. The fourth-order valence-electron chi connectivity index (χ4n) is 3.32. The van der Waals surface area contributed by atoms with Crippen molar-refractivity contribution in [1.82, 2.24) is 14.8 Å². The number of hydrogen-bond acceptors (Lipinski definition) is 4. The lowest BCUT2D eigenvalue weighted by molar-refractivity contribution is -0.138. The molecule has 1 aromatic heterocycles. The number of aromatic nitrogens is 1. The van der Waals surface area contributed by atoms with Crippen LogP contribution in [0.3, 0.4) is 0 Å². The Labute approximate surface area is 173 Å². The molecule has 5 nitrogen and oxygen atoms in total. The SMILES string of the molecule is Cl.N#Cc1ccccc1CN1CCCN(C(=O)c2cnccc2C(F)(F)F)CC1. The van der Waals surface area contributed by atoms with Gasteiger partial charge in [0.1, 0.15) is 0 Å². The van der Waals surface area contributed by atoms with Gasteiger partial charge in [-0.05, 0) is 24.1 Å². The van der Waals surface area contributed by atoms with Crippen molar-refractivity contribution in [3.8, 4) is 6.07 Å². The Bertz CT molecular complexity index is 898. The topological polar surface area (TPSA) is 60.2 Å². The second-order valence-corrected chi connectivity index (χ2v) is 6.61. The number of rotatable bonds is 3. The van der Waals surface area contributed by atoms with E-state index < -0.39 is 23.2 Å². The molecule has 1 aliphatic heterocycles. The van der Waals surface area contributed by atoms with Gasteiger partial charge >= 0.3 is 6.18 Å². The Morgan fingerprint density at radius 2 is 1.90 bits per heavy atom. The van der Waals surface area contributed by atoms with Crippen molar-refractivity contribution in [2.24, 2.45) is 0 Å². The number of carbonyl (C=O) groups is 1. The summed E-state index contributed by atoms with van der Waals surface area (Å²) in [6.45, 7) is 2.48. The van der Waals surface area contributed by atoms with Crippen molar-refractivity contribution in [2.45, 2.75) is 19.1 Å². The van der Waals surface area contributed by atoms with Crippen molar-refractivity contribution in [1.29, 1.82) is 5.26 Å². The van der Waals surface area contributed by atoms with Crippen molar-refractivity contribution in [3.63, 3.8) is 0 Å². The molecule has 0 radical (unpaired) electrons. The highest BCUT2D eigenvalue weighted by atomic mass is 35.5. The maximum atomic E-state index is 13.2. The number of alkyl halides is 3. The molecule has 2 heterocycles. The van der Waals surface area contributed by atoms with E-state index in [1.54, 1.807) is 12.1 Å². The van der Waals surface area contributed by atoms with Crippen LogP contribution in [0.2, 0.25) is 0 Å². The molecule has 1 amide bonds. The summed E-state index contributed by atoms with van der Waals surface area (Å²) < 4.78 is 39.6. The minimum Gasteiger partial charge on any atom is -0.337 e. The summed E-state index contributed by atoms with van der Waals surface area (Å²) in [6.07, 6.45) is -1.94. The summed E-state index contributed by atoms with van der Waals surface area (Å²) in [5.74, 6) is -0.653. The Balaban J connectivity index is 0.00000300. The van der Waals surface area contributed by atoms with E-state index in [2.05, 4.69) is 16.0 Å². The molecule has 2 aromatic rings. The van der Waals surface area contributed by atoms with Crippen LogP contribution in [0.25, 0.3) is 0 Å². The van der Waals surface area contributed by atoms with Gasteiger partial charge in [-0.1, -0.05) is 18.2 Å². The Morgan fingerprint density at radius 1 is 1.14 bits per heavy atom. The van der Waals surface area contributed by atoms with E-state index in [1.165, 1.54) is 4.90 Å². The van der Waals surface area contributed by atoms with Crippen molar-refractivity contribution in [2.75, 3.05) is 26.2 Å². The van der Waals surface area contributed by atoms with Crippen molar-refractivity contribution >= 4 is 18.3 Å². The highest BCUT2D eigenvalue weighted by Gasteiger charge is 2.36. The van der Waals surface area contributed by atoms with E-state index >= 15 is 0 Å². The van der Waals surface area contributed by atoms with Crippen LogP contribution >= 0.6 is 12.4 Å². The molecule has 1 saturated heterocycles. The van der Waals surface area contributed by atoms with Gasteiger partial charge in [-0.15, -0.1) is 12.4 Å². The van der Waals surface area contributed by atoms with Gasteiger partial charge in [0.25, 0.3) is 5.91 Å². The molecular weight excluding hydrogens is 405 g/mol. The fraction of sp³-hybridized carbons (Fsp3) is 0.350. The predicted octanol–water partition coefficient (Wildman–Crippen LogP) is 3.74. The molecule has 0 spiro atoms. The Hall–Kier alpha value is -2.63. The molecule has 3 rings (SSSR count). The van der Waals surface area contributed by atoms with E-state index in [9.17, 15) is 23.2 Å². The van der Waals surface area contributed by atoms with Crippen LogP contribution in [0.15, 0.2) is 42.7 Å². The first-order valence-corrected chi connectivity index (χ1v) is 8.91.